The molecule has 1 atom stereocenters. The SMILES string of the molecule is COC(=O)c1nc(NC(=O)C2C=NC(=O)c3ccccc32)sc1C(C)C. The lowest BCUT2D eigenvalue weighted by molar-refractivity contribution is -0.116. The number of amides is 2. The molecule has 1 aromatic heterocycles. The fourth-order valence-corrected chi connectivity index (χ4v) is 3.62. The maximum atomic E-state index is 12.7. The minimum atomic E-state index is -0.697. The Hall–Kier alpha value is -2.87. The Labute approximate surface area is 154 Å². The first kappa shape index (κ1) is 17.9. The van der Waals surface area contributed by atoms with Gasteiger partial charge in [0.2, 0.25) is 5.91 Å². The number of nitrogens with one attached hydrogen (secondary N) is 1. The van der Waals surface area contributed by atoms with Crippen molar-refractivity contribution in [2.24, 2.45) is 4.99 Å². The quantitative estimate of drug-likeness (QED) is 0.833. The number of esters is 1. The molecule has 2 amide bonds. The maximum absolute atomic E-state index is 12.7. The van der Waals surface area contributed by atoms with Gasteiger partial charge in [0.1, 0.15) is 0 Å². The molecule has 0 spiro atoms. The summed E-state index contributed by atoms with van der Waals surface area (Å²) in [4.78, 5) is 45.2. The zero-order chi connectivity index (χ0) is 18.8. The van der Waals surface area contributed by atoms with Gasteiger partial charge in [0.25, 0.3) is 5.91 Å². The zero-order valence-corrected chi connectivity index (χ0v) is 15.3. The van der Waals surface area contributed by atoms with Crippen molar-refractivity contribution in [2.45, 2.75) is 25.7 Å². The van der Waals surface area contributed by atoms with E-state index in [1.54, 1.807) is 24.3 Å². The first-order valence-corrected chi connectivity index (χ1v) is 8.81. The van der Waals surface area contributed by atoms with Crippen molar-refractivity contribution >= 4 is 40.5 Å². The smallest absolute Gasteiger partial charge is 0.357 e. The second-order valence-electron chi connectivity index (χ2n) is 6.02. The molecule has 26 heavy (non-hydrogen) atoms. The second kappa shape index (κ2) is 7.17. The van der Waals surface area contributed by atoms with Crippen molar-refractivity contribution in [1.82, 2.24) is 4.98 Å². The molecule has 1 unspecified atom stereocenters. The average molecular weight is 371 g/mol. The average Bonchev–Trinajstić information content (AvgIpc) is 3.05. The van der Waals surface area contributed by atoms with E-state index in [1.807, 2.05) is 13.8 Å². The number of anilines is 1. The number of hydrogen-bond acceptors (Lipinski definition) is 6. The summed E-state index contributed by atoms with van der Waals surface area (Å²) in [5, 5.41) is 3.03. The molecule has 0 radical (unpaired) electrons. The highest BCUT2D eigenvalue weighted by molar-refractivity contribution is 7.16. The van der Waals surface area contributed by atoms with Crippen LogP contribution in [0.3, 0.4) is 0 Å². The monoisotopic (exact) mass is 371 g/mol. The normalized spacial score (nSPS) is 15.7. The number of nitrogens with zero attached hydrogens (tertiary/aromatic N) is 2. The van der Waals surface area contributed by atoms with Crippen molar-refractivity contribution in [3.8, 4) is 0 Å². The van der Waals surface area contributed by atoms with E-state index in [4.69, 9.17) is 4.74 Å². The summed E-state index contributed by atoms with van der Waals surface area (Å²) in [5.41, 5.74) is 1.21. The largest absolute Gasteiger partial charge is 0.464 e. The van der Waals surface area contributed by atoms with Gasteiger partial charge in [0, 0.05) is 16.7 Å². The molecule has 1 aliphatic heterocycles. The maximum Gasteiger partial charge on any atom is 0.357 e. The van der Waals surface area contributed by atoms with Crippen LogP contribution >= 0.6 is 11.3 Å². The predicted molar refractivity (Wildman–Crippen MR) is 98.2 cm³/mol. The lowest BCUT2D eigenvalue weighted by Gasteiger charge is -2.17. The summed E-state index contributed by atoms with van der Waals surface area (Å²) >= 11 is 1.23. The van der Waals surface area contributed by atoms with Crippen molar-refractivity contribution in [3.05, 3.63) is 46.0 Å². The highest BCUT2D eigenvalue weighted by atomic mass is 32.1. The highest BCUT2D eigenvalue weighted by Crippen LogP contribution is 2.31. The first-order chi connectivity index (χ1) is 12.4. The van der Waals surface area contributed by atoms with Crippen LogP contribution in [0.25, 0.3) is 0 Å². The van der Waals surface area contributed by atoms with Gasteiger partial charge in [0.15, 0.2) is 10.8 Å². The first-order valence-electron chi connectivity index (χ1n) is 7.99. The van der Waals surface area contributed by atoms with E-state index in [0.717, 1.165) is 4.88 Å². The van der Waals surface area contributed by atoms with E-state index in [9.17, 15) is 14.4 Å². The standard InChI is InChI=1S/C18H17N3O4S/c1-9(2)14-13(17(24)25-3)20-18(26-14)21-16(23)12-8-19-15(22)11-7-5-4-6-10(11)12/h4-9,12H,1-3H3,(H,20,21,23). The molecular formula is C18H17N3O4S. The lowest BCUT2D eigenvalue weighted by Crippen LogP contribution is -2.26. The van der Waals surface area contributed by atoms with Gasteiger partial charge in [-0.2, -0.15) is 0 Å². The number of benzene rings is 1. The van der Waals surface area contributed by atoms with Gasteiger partial charge in [-0.1, -0.05) is 32.0 Å². The van der Waals surface area contributed by atoms with Crippen LogP contribution in [0.1, 0.15) is 57.0 Å². The molecule has 0 aliphatic carbocycles. The number of aromatic nitrogens is 1. The van der Waals surface area contributed by atoms with Gasteiger partial charge >= 0.3 is 5.97 Å². The third-order valence-electron chi connectivity index (χ3n) is 3.94. The molecule has 0 fully saturated rings. The van der Waals surface area contributed by atoms with E-state index in [2.05, 4.69) is 15.3 Å². The highest BCUT2D eigenvalue weighted by Gasteiger charge is 2.29. The van der Waals surface area contributed by atoms with E-state index in [1.165, 1.54) is 24.7 Å². The summed E-state index contributed by atoms with van der Waals surface area (Å²) in [6.07, 6.45) is 1.33. The van der Waals surface area contributed by atoms with Crippen molar-refractivity contribution < 1.29 is 19.1 Å². The number of thiazole rings is 1. The molecular weight excluding hydrogens is 354 g/mol. The summed E-state index contributed by atoms with van der Waals surface area (Å²) in [6.45, 7) is 3.86. The summed E-state index contributed by atoms with van der Waals surface area (Å²) in [5.74, 6) is -1.91. The number of fused-ring (bicyclic) bond motifs is 1. The van der Waals surface area contributed by atoms with E-state index >= 15 is 0 Å². The van der Waals surface area contributed by atoms with Crippen molar-refractivity contribution in [1.29, 1.82) is 0 Å². The Kier molecular flexibility index (Phi) is 4.94. The molecule has 0 saturated heterocycles. The van der Waals surface area contributed by atoms with Crippen molar-refractivity contribution in [3.63, 3.8) is 0 Å². The number of ether oxygens (including phenoxy) is 1. The molecule has 1 aliphatic rings. The van der Waals surface area contributed by atoms with E-state index in [0.29, 0.717) is 16.3 Å². The molecule has 1 N–H and O–H groups in total. The van der Waals surface area contributed by atoms with Gasteiger partial charge in [0.05, 0.1) is 13.0 Å². The second-order valence-corrected chi connectivity index (χ2v) is 7.05. The minimum Gasteiger partial charge on any atom is -0.464 e. The molecule has 2 aromatic rings. The van der Waals surface area contributed by atoms with Crippen LogP contribution in [0.15, 0.2) is 29.3 Å². The number of methoxy groups -OCH3 is 1. The Bertz CT molecular complexity index is 917. The van der Waals surface area contributed by atoms with Gasteiger partial charge < -0.3 is 10.1 Å². The van der Waals surface area contributed by atoms with Crippen LogP contribution in [0.4, 0.5) is 5.13 Å². The molecule has 0 saturated carbocycles. The van der Waals surface area contributed by atoms with Crippen LogP contribution in [0.5, 0.6) is 0 Å². The van der Waals surface area contributed by atoms with Crippen LogP contribution in [-0.4, -0.2) is 36.1 Å². The third kappa shape index (κ3) is 3.28. The van der Waals surface area contributed by atoms with E-state index < -0.39 is 11.9 Å². The predicted octanol–water partition coefficient (Wildman–Crippen LogP) is 3.00. The van der Waals surface area contributed by atoms with Crippen LogP contribution in [-0.2, 0) is 9.53 Å². The summed E-state index contributed by atoms with van der Waals surface area (Å²) in [7, 11) is 1.29. The zero-order valence-electron chi connectivity index (χ0n) is 14.5. The number of rotatable bonds is 4. The Balaban J connectivity index is 1.88. The van der Waals surface area contributed by atoms with Gasteiger partial charge in [-0.25, -0.2) is 14.8 Å². The third-order valence-corrected chi connectivity index (χ3v) is 5.21. The molecule has 2 heterocycles. The molecule has 7 nitrogen and oxygen atoms in total. The number of hydrogen-bond donors (Lipinski definition) is 1. The van der Waals surface area contributed by atoms with Crippen LogP contribution in [0, 0.1) is 0 Å². The summed E-state index contributed by atoms with van der Waals surface area (Å²) in [6, 6.07) is 6.86. The molecule has 0 bridgehead atoms. The fraction of sp³-hybridized carbons (Fsp3) is 0.278. The summed E-state index contributed by atoms with van der Waals surface area (Å²) < 4.78 is 4.75. The molecule has 3 rings (SSSR count). The van der Waals surface area contributed by atoms with Gasteiger partial charge in [-0.3, -0.25) is 9.59 Å². The van der Waals surface area contributed by atoms with Gasteiger partial charge in [-0.15, -0.1) is 11.3 Å². The Morgan fingerprint density at radius 1 is 1.27 bits per heavy atom. The fourth-order valence-electron chi connectivity index (χ4n) is 2.67. The number of aliphatic imine (C=N–C) groups is 1. The van der Waals surface area contributed by atoms with E-state index in [-0.39, 0.29) is 23.4 Å². The lowest BCUT2D eigenvalue weighted by atomic mass is 9.92. The van der Waals surface area contributed by atoms with Crippen molar-refractivity contribution in [2.75, 3.05) is 12.4 Å². The van der Waals surface area contributed by atoms with Gasteiger partial charge in [-0.05, 0) is 17.5 Å². The van der Waals surface area contributed by atoms with Crippen LogP contribution < -0.4 is 5.32 Å². The topological polar surface area (TPSA) is 97.7 Å². The number of carbonyl (C=O) groups excluding carboxylic acids is 3. The van der Waals surface area contributed by atoms with Crippen LogP contribution in [0.2, 0.25) is 0 Å². The Morgan fingerprint density at radius 3 is 2.69 bits per heavy atom. The minimum absolute atomic E-state index is 0.0573. The molecule has 134 valence electrons. The molecule has 1 aromatic carbocycles. The Morgan fingerprint density at radius 2 is 2.00 bits per heavy atom. The number of carbonyl (C=O) groups is 3. The molecule has 8 heteroatoms.